The Hall–Kier alpha value is -4.62. The van der Waals surface area contributed by atoms with Gasteiger partial charge in [0.2, 0.25) is 17.2 Å². The number of fused-ring (bicyclic) bond motifs is 1. The third-order valence-corrected chi connectivity index (χ3v) is 8.44. The number of hydrogen-bond donors (Lipinski definition) is 1. The first-order chi connectivity index (χ1) is 20.6. The number of ether oxygens (including phenoxy) is 6. The molecule has 3 atom stereocenters. The van der Waals surface area contributed by atoms with Gasteiger partial charge in [-0.05, 0) is 31.0 Å². The molecule has 0 saturated carbocycles. The standard InChI is InChI=1S/C32H30ClNO9/c1-8-11-42-20-13-17(9-10-19(20)38-4)24-23(31(37)41-7)16(3)34-18-12-15(2)32(29(35)25(18)24)30(36)26-21(39-5)14-22(40-6)27(33)28(26)43-32/h1,9-10,13-15,24,34H,11-12H2,2-7H3/t15-,24+,32+/m1/s1. The Balaban J connectivity index is 1.72. The first-order valence-corrected chi connectivity index (χ1v) is 13.7. The quantitative estimate of drug-likeness (QED) is 0.276. The molecule has 2 aliphatic heterocycles. The van der Waals surface area contributed by atoms with Gasteiger partial charge in [-0.15, -0.1) is 6.42 Å². The number of methoxy groups -OCH3 is 4. The summed E-state index contributed by atoms with van der Waals surface area (Å²) in [7, 11) is 5.56. The summed E-state index contributed by atoms with van der Waals surface area (Å²) < 4.78 is 33.5. The lowest BCUT2D eigenvalue weighted by molar-refractivity contribution is -0.136. The summed E-state index contributed by atoms with van der Waals surface area (Å²) in [5.41, 5.74) is 0.0136. The Morgan fingerprint density at radius 2 is 1.77 bits per heavy atom. The van der Waals surface area contributed by atoms with Gasteiger partial charge in [-0.25, -0.2) is 4.79 Å². The van der Waals surface area contributed by atoms with E-state index in [4.69, 9.17) is 46.4 Å². The third kappa shape index (κ3) is 4.38. The van der Waals surface area contributed by atoms with Crippen molar-refractivity contribution in [2.75, 3.05) is 35.0 Å². The highest BCUT2D eigenvalue weighted by atomic mass is 35.5. The minimum atomic E-state index is -1.98. The molecule has 10 nitrogen and oxygen atoms in total. The number of rotatable bonds is 7. The van der Waals surface area contributed by atoms with Crippen molar-refractivity contribution < 1.29 is 42.8 Å². The van der Waals surface area contributed by atoms with E-state index in [1.165, 1.54) is 34.5 Å². The Morgan fingerprint density at radius 1 is 1.07 bits per heavy atom. The molecule has 43 heavy (non-hydrogen) atoms. The van der Waals surface area contributed by atoms with Crippen molar-refractivity contribution in [1.82, 2.24) is 5.32 Å². The van der Waals surface area contributed by atoms with E-state index in [1.807, 2.05) is 0 Å². The van der Waals surface area contributed by atoms with Crippen LogP contribution in [0.2, 0.25) is 5.02 Å². The van der Waals surface area contributed by atoms with Crippen LogP contribution in [0.3, 0.4) is 0 Å². The van der Waals surface area contributed by atoms with Crippen LogP contribution in [0.1, 0.15) is 42.1 Å². The Morgan fingerprint density at radius 3 is 2.40 bits per heavy atom. The summed E-state index contributed by atoms with van der Waals surface area (Å²) in [4.78, 5) is 42.4. The van der Waals surface area contributed by atoms with Gasteiger partial charge in [0.15, 0.2) is 17.2 Å². The van der Waals surface area contributed by atoms with Crippen LogP contribution in [0.25, 0.3) is 0 Å². The lowest BCUT2D eigenvalue weighted by Crippen LogP contribution is -2.58. The van der Waals surface area contributed by atoms with Crippen molar-refractivity contribution in [3.05, 3.63) is 63.0 Å². The average molecular weight is 608 g/mol. The van der Waals surface area contributed by atoms with Crippen LogP contribution in [0.4, 0.5) is 0 Å². The lowest BCUT2D eigenvalue weighted by atomic mass is 9.65. The van der Waals surface area contributed by atoms with Crippen LogP contribution in [0, 0.1) is 18.3 Å². The maximum atomic E-state index is 14.8. The Bertz CT molecular complexity index is 1670. The summed E-state index contributed by atoms with van der Waals surface area (Å²) >= 11 is 6.60. The average Bonchev–Trinajstić information content (AvgIpc) is 3.32. The maximum absolute atomic E-state index is 14.8. The second-order valence-electron chi connectivity index (χ2n) is 10.3. The first kappa shape index (κ1) is 29.9. The molecule has 0 amide bonds. The fourth-order valence-electron chi connectivity index (χ4n) is 6.09. The second-order valence-corrected chi connectivity index (χ2v) is 10.7. The molecular weight excluding hydrogens is 578 g/mol. The predicted octanol–water partition coefficient (Wildman–Crippen LogP) is 4.39. The molecule has 0 radical (unpaired) electrons. The molecule has 1 spiro atoms. The van der Waals surface area contributed by atoms with Crippen LogP contribution >= 0.6 is 11.6 Å². The molecule has 2 aromatic rings. The van der Waals surface area contributed by atoms with E-state index in [9.17, 15) is 14.4 Å². The van der Waals surface area contributed by atoms with E-state index in [0.717, 1.165) is 0 Å². The SMILES string of the molecule is C#CCOc1cc([C@H]2C(C(=O)OC)=C(C)NC3=C2C(=O)[C@@]2(Oc4c(Cl)c(OC)cc(OC)c4C2=O)[C@H](C)C3)ccc1OC. The van der Waals surface area contributed by atoms with E-state index >= 15 is 0 Å². The summed E-state index contributed by atoms with van der Waals surface area (Å²) in [6.07, 6.45) is 5.66. The molecule has 3 aliphatic rings. The number of halogens is 1. The van der Waals surface area contributed by atoms with Crippen molar-refractivity contribution in [2.45, 2.75) is 31.8 Å². The maximum Gasteiger partial charge on any atom is 0.336 e. The van der Waals surface area contributed by atoms with Crippen LogP contribution in [-0.4, -0.2) is 58.2 Å². The van der Waals surface area contributed by atoms with Crippen LogP contribution in [0.15, 0.2) is 46.8 Å². The van der Waals surface area contributed by atoms with Gasteiger partial charge in [-0.3, -0.25) is 9.59 Å². The lowest BCUT2D eigenvalue weighted by Gasteiger charge is -2.42. The van der Waals surface area contributed by atoms with Gasteiger partial charge in [0, 0.05) is 34.9 Å². The number of hydrogen-bond acceptors (Lipinski definition) is 10. The Kier molecular flexibility index (Phi) is 7.80. The normalized spacial score (nSPS) is 22.3. The van der Waals surface area contributed by atoms with E-state index in [0.29, 0.717) is 28.5 Å². The van der Waals surface area contributed by atoms with Gasteiger partial charge in [-0.2, -0.15) is 0 Å². The summed E-state index contributed by atoms with van der Waals surface area (Å²) in [6.45, 7) is 3.45. The first-order valence-electron chi connectivity index (χ1n) is 13.4. The fraction of sp³-hybridized carbons (Fsp3) is 0.344. The molecule has 5 rings (SSSR count). The van der Waals surface area contributed by atoms with Crippen LogP contribution < -0.4 is 29.0 Å². The van der Waals surface area contributed by atoms with Gasteiger partial charge < -0.3 is 33.7 Å². The van der Waals surface area contributed by atoms with Gasteiger partial charge in [0.1, 0.15) is 28.7 Å². The van der Waals surface area contributed by atoms with Crippen molar-refractivity contribution in [3.63, 3.8) is 0 Å². The zero-order chi connectivity index (χ0) is 31.2. The van der Waals surface area contributed by atoms with Gasteiger partial charge >= 0.3 is 5.97 Å². The van der Waals surface area contributed by atoms with Crippen molar-refractivity contribution in [3.8, 4) is 41.1 Å². The highest BCUT2D eigenvalue weighted by Crippen LogP contribution is 2.56. The van der Waals surface area contributed by atoms with Crippen molar-refractivity contribution >= 4 is 29.1 Å². The molecular formula is C32H30ClNO9. The number of carbonyl (C=O) groups is 3. The summed E-state index contributed by atoms with van der Waals surface area (Å²) in [5, 5.41) is 3.27. The zero-order valence-electron chi connectivity index (χ0n) is 24.5. The number of esters is 1. The molecule has 224 valence electrons. The predicted molar refractivity (Wildman–Crippen MR) is 156 cm³/mol. The van der Waals surface area contributed by atoms with E-state index < -0.39 is 35.0 Å². The summed E-state index contributed by atoms with van der Waals surface area (Å²) in [5.74, 6) is 0.0783. The van der Waals surface area contributed by atoms with Gasteiger partial charge in [0.05, 0.1) is 34.0 Å². The molecule has 0 unspecified atom stereocenters. The molecule has 0 bridgehead atoms. The molecule has 11 heteroatoms. The molecule has 0 aromatic heterocycles. The number of nitrogens with one attached hydrogen (secondary N) is 1. The Labute approximate surface area is 253 Å². The molecule has 1 aliphatic carbocycles. The second kappa shape index (κ2) is 11.2. The topological polar surface area (TPSA) is 119 Å². The number of terminal acetylenes is 1. The van der Waals surface area contributed by atoms with E-state index in [1.54, 1.807) is 32.0 Å². The molecule has 2 heterocycles. The zero-order valence-corrected chi connectivity index (χ0v) is 25.3. The number of ketones is 2. The van der Waals surface area contributed by atoms with Gasteiger partial charge in [-0.1, -0.05) is 30.5 Å². The highest BCUT2D eigenvalue weighted by Gasteiger charge is 2.63. The molecule has 1 N–H and O–H groups in total. The number of dihydropyridines is 1. The largest absolute Gasteiger partial charge is 0.496 e. The highest BCUT2D eigenvalue weighted by molar-refractivity contribution is 6.36. The number of allylic oxidation sites excluding steroid dienone is 2. The van der Waals surface area contributed by atoms with Gasteiger partial charge in [0.25, 0.3) is 0 Å². The van der Waals surface area contributed by atoms with Crippen molar-refractivity contribution in [2.24, 2.45) is 5.92 Å². The van der Waals surface area contributed by atoms with Crippen LogP contribution in [-0.2, 0) is 14.3 Å². The van der Waals surface area contributed by atoms with Crippen molar-refractivity contribution in [1.29, 1.82) is 0 Å². The number of carbonyl (C=O) groups excluding carboxylic acids is 3. The molecule has 0 saturated heterocycles. The summed E-state index contributed by atoms with van der Waals surface area (Å²) in [6, 6.07) is 6.50. The molecule has 2 aromatic carbocycles. The third-order valence-electron chi connectivity index (χ3n) is 8.09. The van der Waals surface area contributed by atoms with Crippen LogP contribution in [0.5, 0.6) is 28.7 Å². The molecule has 0 fully saturated rings. The monoisotopic (exact) mass is 607 g/mol. The van der Waals surface area contributed by atoms with E-state index in [-0.39, 0.29) is 52.0 Å². The fourth-order valence-corrected chi connectivity index (χ4v) is 6.36. The smallest absolute Gasteiger partial charge is 0.336 e. The number of Topliss-reactive ketones (excluding diaryl/α,β-unsaturated/α-hetero) is 2. The van der Waals surface area contributed by atoms with E-state index in [2.05, 4.69) is 11.2 Å². The number of benzene rings is 2. The minimum absolute atomic E-state index is 0.00164. The minimum Gasteiger partial charge on any atom is -0.496 e.